The molecule has 0 bridgehead atoms. The smallest absolute Gasteiger partial charge is 0.123 e. The molecule has 0 amide bonds. The van der Waals surface area contributed by atoms with Gasteiger partial charge in [0.1, 0.15) is 5.82 Å². The van der Waals surface area contributed by atoms with E-state index in [2.05, 4.69) is 10.3 Å². The first-order valence-electron chi connectivity index (χ1n) is 4.72. The highest BCUT2D eigenvalue weighted by Gasteiger charge is 2.04. The summed E-state index contributed by atoms with van der Waals surface area (Å²) in [6.45, 7) is 0.630. The minimum absolute atomic E-state index is 0.218. The zero-order chi connectivity index (χ0) is 10.7. The van der Waals surface area contributed by atoms with Gasteiger partial charge in [0.25, 0.3) is 0 Å². The van der Waals surface area contributed by atoms with Crippen LogP contribution in [0.2, 0.25) is 0 Å². The summed E-state index contributed by atoms with van der Waals surface area (Å²) < 4.78 is 14.9. The Hall–Kier alpha value is -1.68. The second-order valence-corrected chi connectivity index (χ2v) is 3.27. The van der Waals surface area contributed by atoms with Crippen molar-refractivity contribution >= 4 is 0 Å². The Kier molecular flexibility index (Phi) is 2.78. The van der Waals surface area contributed by atoms with E-state index in [4.69, 9.17) is 0 Å². The SMILES string of the molecule is CNCc1cc(F)ccc1-n1ccnc1. The van der Waals surface area contributed by atoms with E-state index in [1.165, 1.54) is 12.1 Å². The molecular formula is C11H12FN3. The van der Waals surface area contributed by atoms with E-state index in [0.717, 1.165) is 11.3 Å². The number of halogens is 1. The van der Waals surface area contributed by atoms with E-state index >= 15 is 0 Å². The van der Waals surface area contributed by atoms with Gasteiger partial charge < -0.3 is 9.88 Å². The van der Waals surface area contributed by atoms with E-state index in [1.807, 2.05) is 17.8 Å². The molecule has 0 spiro atoms. The van der Waals surface area contributed by atoms with Gasteiger partial charge in [0.05, 0.1) is 12.0 Å². The molecule has 2 rings (SSSR count). The van der Waals surface area contributed by atoms with E-state index in [9.17, 15) is 4.39 Å². The minimum Gasteiger partial charge on any atom is -0.316 e. The normalized spacial score (nSPS) is 10.5. The molecule has 0 aliphatic carbocycles. The molecule has 4 heteroatoms. The molecule has 3 nitrogen and oxygen atoms in total. The minimum atomic E-state index is -0.218. The quantitative estimate of drug-likeness (QED) is 0.827. The molecular weight excluding hydrogens is 193 g/mol. The largest absolute Gasteiger partial charge is 0.316 e. The Labute approximate surface area is 87.6 Å². The van der Waals surface area contributed by atoms with Crippen LogP contribution in [-0.4, -0.2) is 16.6 Å². The number of nitrogens with zero attached hydrogens (tertiary/aromatic N) is 2. The highest BCUT2D eigenvalue weighted by Crippen LogP contribution is 2.15. The fraction of sp³-hybridized carbons (Fsp3) is 0.182. The molecule has 0 unspecified atom stereocenters. The molecule has 0 radical (unpaired) electrons. The van der Waals surface area contributed by atoms with E-state index in [0.29, 0.717) is 6.54 Å². The Morgan fingerprint density at radius 3 is 3.00 bits per heavy atom. The summed E-state index contributed by atoms with van der Waals surface area (Å²) in [5.74, 6) is -0.218. The Morgan fingerprint density at radius 1 is 1.47 bits per heavy atom. The lowest BCUT2D eigenvalue weighted by molar-refractivity contribution is 0.623. The van der Waals surface area contributed by atoms with Crippen molar-refractivity contribution in [1.82, 2.24) is 14.9 Å². The maximum absolute atomic E-state index is 13.1. The standard InChI is InChI=1S/C11H12FN3/c1-13-7-9-6-10(12)2-3-11(9)15-5-4-14-8-15/h2-6,8,13H,7H2,1H3. The fourth-order valence-electron chi connectivity index (χ4n) is 1.54. The van der Waals surface area contributed by atoms with Crippen LogP contribution >= 0.6 is 0 Å². The lowest BCUT2D eigenvalue weighted by Crippen LogP contribution is -2.09. The van der Waals surface area contributed by atoms with Crippen molar-refractivity contribution in [1.29, 1.82) is 0 Å². The lowest BCUT2D eigenvalue weighted by atomic mass is 10.1. The number of rotatable bonds is 3. The van der Waals surface area contributed by atoms with Crippen LogP contribution in [-0.2, 0) is 6.54 Å². The first kappa shape index (κ1) is 9.86. The third kappa shape index (κ3) is 2.05. The highest BCUT2D eigenvalue weighted by molar-refractivity contribution is 5.41. The summed E-state index contributed by atoms with van der Waals surface area (Å²) in [5, 5.41) is 3.01. The van der Waals surface area contributed by atoms with Crippen molar-refractivity contribution in [2.75, 3.05) is 7.05 Å². The first-order chi connectivity index (χ1) is 7.31. The van der Waals surface area contributed by atoms with E-state index in [1.54, 1.807) is 18.6 Å². The van der Waals surface area contributed by atoms with Gasteiger partial charge in [-0.25, -0.2) is 9.37 Å². The highest BCUT2D eigenvalue weighted by atomic mass is 19.1. The summed E-state index contributed by atoms with van der Waals surface area (Å²) in [5.41, 5.74) is 1.86. The fourth-order valence-corrected chi connectivity index (χ4v) is 1.54. The summed E-state index contributed by atoms with van der Waals surface area (Å²) in [4.78, 5) is 3.97. The van der Waals surface area contributed by atoms with Crippen LogP contribution < -0.4 is 5.32 Å². The molecule has 15 heavy (non-hydrogen) atoms. The van der Waals surface area contributed by atoms with Crippen LogP contribution in [0.25, 0.3) is 5.69 Å². The molecule has 0 fully saturated rings. The number of hydrogen-bond donors (Lipinski definition) is 1. The topological polar surface area (TPSA) is 29.9 Å². The van der Waals surface area contributed by atoms with Gasteiger partial charge in [0.15, 0.2) is 0 Å². The second-order valence-electron chi connectivity index (χ2n) is 3.27. The maximum Gasteiger partial charge on any atom is 0.123 e. The zero-order valence-corrected chi connectivity index (χ0v) is 8.44. The Balaban J connectivity index is 2.46. The van der Waals surface area contributed by atoms with Gasteiger partial charge in [0.2, 0.25) is 0 Å². The van der Waals surface area contributed by atoms with Crippen molar-refractivity contribution in [2.24, 2.45) is 0 Å². The molecule has 0 saturated heterocycles. The molecule has 1 heterocycles. The van der Waals surface area contributed by atoms with Gasteiger partial charge in [-0.05, 0) is 30.8 Å². The number of benzene rings is 1. The van der Waals surface area contributed by atoms with Crippen LogP contribution in [0.3, 0.4) is 0 Å². The first-order valence-corrected chi connectivity index (χ1v) is 4.72. The average Bonchev–Trinajstić information content (AvgIpc) is 2.71. The summed E-state index contributed by atoms with van der Waals surface area (Å²) in [6.07, 6.45) is 5.24. The number of nitrogens with one attached hydrogen (secondary N) is 1. The van der Waals surface area contributed by atoms with E-state index in [-0.39, 0.29) is 5.82 Å². The van der Waals surface area contributed by atoms with Gasteiger partial charge in [-0.2, -0.15) is 0 Å². The van der Waals surface area contributed by atoms with Crippen LogP contribution in [0.5, 0.6) is 0 Å². The van der Waals surface area contributed by atoms with Crippen LogP contribution in [0.15, 0.2) is 36.9 Å². The van der Waals surface area contributed by atoms with Crippen molar-refractivity contribution in [3.63, 3.8) is 0 Å². The number of aromatic nitrogens is 2. The molecule has 1 aromatic heterocycles. The molecule has 0 aliphatic rings. The maximum atomic E-state index is 13.1. The van der Waals surface area contributed by atoms with Gasteiger partial charge in [0, 0.05) is 18.9 Å². The van der Waals surface area contributed by atoms with E-state index < -0.39 is 0 Å². The van der Waals surface area contributed by atoms with Crippen molar-refractivity contribution in [2.45, 2.75) is 6.54 Å². The predicted molar refractivity (Wildman–Crippen MR) is 56.3 cm³/mol. The zero-order valence-electron chi connectivity index (χ0n) is 8.44. The summed E-state index contributed by atoms with van der Waals surface area (Å²) in [6, 6.07) is 4.74. The average molecular weight is 205 g/mol. The third-order valence-electron chi connectivity index (χ3n) is 2.19. The number of imidazole rings is 1. The monoisotopic (exact) mass is 205 g/mol. The van der Waals surface area contributed by atoms with Gasteiger partial charge >= 0.3 is 0 Å². The molecule has 0 aliphatic heterocycles. The molecule has 0 saturated carbocycles. The molecule has 2 aromatic rings. The van der Waals surface area contributed by atoms with Crippen molar-refractivity contribution in [3.05, 3.63) is 48.3 Å². The van der Waals surface area contributed by atoms with Gasteiger partial charge in [-0.1, -0.05) is 0 Å². The van der Waals surface area contributed by atoms with Crippen LogP contribution in [0, 0.1) is 5.82 Å². The van der Waals surface area contributed by atoms with Crippen molar-refractivity contribution < 1.29 is 4.39 Å². The molecule has 78 valence electrons. The second kappa shape index (κ2) is 4.23. The number of hydrogen-bond acceptors (Lipinski definition) is 2. The Morgan fingerprint density at radius 2 is 2.33 bits per heavy atom. The van der Waals surface area contributed by atoms with Crippen molar-refractivity contribution in [3.8, 4) is 5.69 Å². The summed E-state index contributed by atoms with van der Waals surface area (Å²) in [7, 11) is 1.84. The van der Waals surface area contributed by atoms with Gasteiger partial charge in [-0.3, -0.25) is 0 Å². The molecule has 1 aromatic carbocycles. The van der Waals surface area contributed by atoms with Gasteiger partial charge in [-0.15, -0.1) is 0 Å². The Bertz CT molecular complexity index is 437. The summed E-state index contributed by atoms with van der Waals surface area (Å²) >= 11 is 0. The third-order valence-corrected chi connectivity index (χ3v) is 2.19. The molecule has 1 N–H and O–H groups in total. The lowest BCUT2D eigenvalue weighted by Gasteiger charge is -2.09. The van der Waals surface area contributed by atoms with Crippen LogP contribution in [0.4, 0.5) is 4.39 Å². The van der Waals surface area contributed by atoms with Crippen LogP contribution in [0.1, 0.15) is 5.56 Å². The predicted octanol–water partition coefficient (Wildman–Crippen LogP) is 1.73. The molecule has 0 atom stereocenters.